The van der Waals surface area contributed by atoms with Gasteiger partial charge in [-0.1, -0.05) is 89.2 Å². The normalized spacial score (nSPS) is 24.1. The number of anilines is 1. The molecular weight excluding hydrogens is 384 g/mol. The third kappa shape index (κ3) is 3.60. The van der Waals surface area contributed by atoms with Crippen molar-refractivity contribution in [3.05, 3.63) is 91.0 Å². The Morgan fingerprint density at radius 1 is 0.633 bits per heavy atom. The number of aliphatic hydroxyl groups excluding tert-OH is 1. The number of benzene rings is 3. The number of hydrogen-bond acceptors (Lipinski definition) is 3. The lowest BCUT2D eigenvalue weighted by Gasteiger charge is -2.40. The van der Waals surface area contributed by atoms with E-state index < -0.39 is 8.07 Å². The van der Waals surface area contributed by atoms with Gasteiger partial charge < -0.3 is 10.0 Å². The van der Waals surface area contributed by atoms with Gasteiger partial charge in [0.05, 0.1) is 6.10 Å². The molecule has 0 unspecified atom stereocenters. The van der Waals surface area contributed by atoms with Gasteiger partial charge in [-0.25, -0.2) is 0 Å². The molecule has 5 rings (SSSR count). The zero-order chi connectivity index (χ0) is 20.4. The van der Waals surface area contributed by atoms with Gasteiger partial charge in [-0.3, -0.25) is 4.90 Å². The topological polar surface area (TPSA) is 26.7 Å². The molecule has 2 saturated heterocycles. The second-order valence-electron chi connectivity index (χ2n) is 8.72. The lowest BCUT2D eigenvalue weighted by Crippen LogP contribution is -2.57. The number of piperazine rings is 1. The molecule has 0 spiro atoms. The van der Waals surface area contributed by atoms with Crippen molar-refractivity contribution in [1.82, 2.24) is 4.90 Å². The highest BCUT2D eigenvalue weighted by atomic mass is 28.3. The highest BCUT2D eigenvalue weighted by Gasteiger charge is 2.50. The fourth-order valence-corrected chi connectivity index (χ4v) is 10.9. The van der Waals surface area contributed by atoms with Crippen LogP contribution in [0.2, 0.25) is 12.1 Å². The molecule has 0 aromatic heterocycles. The Labute approximate surface area is 180 Å². The van der Waals surface area contributed by atoms with Gasteiger partial charge >= 0.3 is 0 Å². The molecule has 2 fully saturated rings. The maximum Gasteiger partial charge on any atom is 0.122 e. The predicted octanol–water partition coefficient (Wildman–Crippen LogP) is 2.81. The maximum atomic E-state index is 11.3. The third-order valence-electron chi connectivity index (χ3n) is 7.12. The molecule has 0 radical (unpaired) electrons. The monoisotopic (exact) mass is 414 g/mol. The highest BCUT2D eigenvalue weighted by Crippen LogP contribution is 2.34. The lowest BCUT2D eigenvalue weighted by atomic mass is 10.1. The van der Waals surface area contributed by atoms with E-state index in [1.807, 2.05) is 0 Å². The summed E-state index contributed by atoms with van der Waals surface area (Å²) in [6, 6.07) is 35.0. The number of hydrogen-bond donors (Lipinski definition) is 1. The molecule has 30 heavy (non-hydrogen) atoms. The first-order valence-corrected chi connectivity index (χ1v) is 13.5. The van der Waals surface area contributed by atoms with Crippen molar-refractivity contribution in [1.29, 1.82) is 0 Å². The molecule has 0 amide bonds. The standard InChI is InChI=1S/C26H30N2OSi/c29-26-21-30(23-12-6-2-7-13-23,24-14-8-3-9-15-24)20-25(26)28-18-16-27(17-19-28)22-10-4-1-5-11-22/h1-15,25-26,29H,16-21H2/t25-,26-/m1/s1. The van der Waals surface area contributed by atoms with E-state index >= 15 is 0 Å². The average Bonchev–Trinajstić information content (AvgIpc) is 3.19. The van der Waals surface area contributed by atoms with Crippen LogP contribution >= 0.6 is 0 Å². The second kappa shape index (κ2) is 8.38. The second-order valence-corrected chi connectivity index (χ2v) is 12.9. The molecule has 2 aliphatic heterocycles. The van der Waals surface area contributed by atoms with Gasteiger partial charge in [0.15, 0.2) is 0 Å². The van der Waals surface area contributed by atoms with E-state index in [0.29, 0.717) is 0 Å². The molecule has 2 atom stereocenters. The smallest absolute Gasteiger partial charge is 0.122 e. The number of rotatable bonds is 4. The Morgan fingerprint density at radius 2 is 1.13 bits per heavy atom. The maximum absolute atomic E-state index is 11.3. The molecule has 154 valence electrons. The van der Waals surface area contributed by atoms with Gasteiger partial charge in [0.1, 0.15) is 8.07 Å². The van der Waals surface area contributed by atoms with Crippen LogP contribution in [0.15, 0.2) is 91.0 Å². The first-order chi connectivity index (χ1) is 14.8. The minimum absolute atomic E-state index is 0.250. The molecule has 2 heterocycles. The summed E-state index contributed by atoms with van der Waals surface area (Å²) in [7, 11) is -1.98. The van der Waals surface area contributed by atoms with E-state index in [9.17, 15) is 5.11 Å². The Bertz CT molecular complexity index is 903. The minimum Gasteiger partial charge on any atom is -0.392 e. The third-order valence-corrected chi connectivity index (χ3v) is 12.2. The SMILES string of the molecule is O[C@@H]1C[Si](c2ccccc2)(c2ccccc2)C[C@H]1N1CCN(c2ccccc2)CC1. The van der Waals surface area contributed by atoms with Gasteiger partial charge in [0.2, 0.25) is 0 Å². The summed E-state index contributed by atoms with van der Waals surface area (Å²) < 4.78 is 0. The van der Waals surface area contributed by atoms with Crippen molar-refractivity contribution >= 4 is 24.1 Å². The summed E-state index contributed by atoms with van der Waals surface area (Å²) >= 11 is 0. The first kappa shape index (κ1) is 19.6. The molecular formula is C26H30N2OSi. The zero-order valence-electron chi connectivity index (χ0n) is 17.4. The van der Waals surface area contributed by atoms with Gasteiger partial charge in [-0.15, -0.1) is 0 Å². The molecule has 0 saturated carbocycles. The van der Waals surface area contributed by atoms with E-state index in [0.717, 1.165) is 38.3 Å². The zero-order valence-corrected chi connectivity index (χ0v) is 18.4. The Morgan fingerprint density at radius 3 is 1.67 bits per heavy atom. The summed E-state index contributed by atoms with van der Waals surface area (Å²) in [6.07, 6.45) is -0.250. The molecule has 4 heteroatoms. The van der Waals surface area contributed by atoms with Crippen molar-refractivity contribution in [3.8, 4) is 0 Å². The predicted molar refractivity (Wildman–Crippen MR) is 128 cm³/mol. The first-order valence-electron chi connectivity index (χ1n) is 11.1. The van der Waals surface area contributed by atoms with Gasteiger partial charge in [-0.2, -0.15) is 0 Å². The van der Waals surface area contributed by atoms with Crippen LogP contribution in [0.25, 0.3) is 0 Å². The van der Waals surface area contributed by atoms with Crippen LogP contribution in [0.3, 0.4) is 0 Å². The van der Waals surface area contributed by atoms with Gasteiger partial charge in [0, 0.05) is 37.9 Å². The van der Waals surface area contributed by atoms with Crippen molar-refractivity contribution in [2.45, 2.75) is 24.2 Å². The van der Waals surface area contributed by atoms with E-state index in [1.54, 1.807) is 0 Å². The van der Waals surface area contributed by atoms with Crippen LogP contribution in [0.1, 0.15) is 0 Å². The molecule has 1 N–H and O–H groups in total. The van der Waals surface area contributed by atoms with Crippen molar-refractivity contribution in [2.75, 3.05) is 31.1 Å². The van der Waals surface area contributed by atoms with E-state index in [1.165, 1.54) is 16.1 Å². The van der Waals surface area contributed by atoms with E-state index in [2.05, 4.69) is 101 Å². The molecule has 0 aliphatic carbocycles. The van der Waals surface area contributed by atoms with Crippen LogP contribution in [-0.4, -0.2) is 56.4 Å². The van der Waals surface area contributed by atoms with Crippen molar-refractivity contribution in [3.63, 3.8) is 0 Å². The van der Waals surface area contributed by atoms with Gasteiger partial charge in [0.25, 0.3) is 0 Å². The van der Waals surface area contributed by atoms with Gasteiger partial charge in [-0.05, 0) is 24.2 Å². The van der Waals surface area contributed by atoms with E-state index in [4.69, 9.17) is 0 Å². The Kier molecular flexibility index (Phi) is 5.46. The number of nitrogens with zero attached hydrogens (tertiary/aromatic N) is 2. The molecule has 3 aromatic carbocycles. The van der Waals surface area contributed by atoms with Crippen molar-refractivity contribution in [2.24, 2.45) is 0 Å². The average molecular weight is 415 g/mol. The summed E-state index contributed by atoms with van der Waals surface area (Å²) in [5.74, 6) is 0. The van der Waals surface area contributed by atoms with Crippen LogP contribution in [0.5, 0.6) is 0 Å². The molecule has 3 nitrogen and oxygen atoms in total. The van der Waals surface area contributed by atoms with Crippen molar-refractivity contribution < 1.29 is 5.11 Å². The number of para-hydroxylation sites is 1. The molecule has 3 aromatic rings. The highest BCUT2D eigenvalue weighted by molar-refractivity contribution is 7.03. The quantitative estimate of drug-likeness (QED) is 0.665. The van der Waals surface area contributed by atoms with Crippen LogP contribution in [0, 0.1) is 0 Å². The lowest BCUT2D eigenvalue weighted by molar-refractivity contribution is 0.0766. The summed E-state index contributed by atoms with van der Waals surface area (Å²) in [4.78, 5) is 5.03. The summed E-state index contributed by atoms with van der Waals surface area (Å²) in [6.45, 7) is 4.09. The summed E-state index contributed by atoms with van der Waals surface area (Å²) in [5.41, 5.74) is 1.31. The fraction of sp³-hybridized carbons (Fsp3) is 0.308. The van der Waals surface area contributed by atoms with E-state index in [-0.39, 0.29) is 12.1 Å². The molecule has 2 aliphatic rings. The molecule has 0 bridgehead atoms. The Hall–Kier alpha value is -2.40. The van der Waals surface area contributed by atoms with Crippen LogP contribution < -0.4 is 15.3 Å². The van der Waals surface area contributed by atoms with Crippen LogP contribution in [-0.2, 0) is 0 Å². The number of aliphatic hydroxyl groups is 1. The fourth-order valence-electron chi connectivity index (χ4n) is 5.54. The largest absolute Gasteiger partial charge is 0.392 e. The minimum atomic E-state index is -1.98. The summed E-state index contributed by atoms with van der Waals surface area (Å²) in [5, 5.41) is 14.2. The van der Waals surface area contributed by atoms with Crippen LogP contribution in [0.4, 0.5) is 5.69 Å². The Balaban J connectivity index is 1.38.